The van der Waals surface area contributed by atoms with E-state index in [-0.39, 0.29) is 30.1 Å². The van der Waals surface area contributed by atoms with Gasteiger partial charge in [-0.05, 0) is 43.9 Å². The zero-order valence-corrected chi connectivity index (χ0v) is 18.0. The van der Waals surface area contributed by atoms with Gasteiger partial charge >= 0.3 is 0 Å². The highest BCUT2D eigenvalue weighted by Gasteiger charge is 2.27. The van der Waals surface area contributed by atoms with Crippen LogP contribution in [0.2, 0.25) is 0 Å². The summed E-state index contributed by atoms with van der Waals surface area (Å²) in [7, 11) is 1.44. The molecule has 0 radical (unpaired) electrons. The Balaban J connectivity index is 1.72. The van der Waals surface area contributed by atoms with Gasteiger partial charge in [-0.3, -0.25) is 14.4 Å². The van der Waals surface area contributed by atoms with Gasteiger partial charge in [-0.1, -0.05) is 31.2 Å². The molecule has 1 heterocycles. The summed E-state index contributed by atoms with van der Waals surface area (Å²) in [6.45, 7) is 5.47. The van der Waals surface area contributed by atoms with Crippen LogP contribution in [-0.4, -0.2) is 34.8 Å². The maximum Gasteiger partial charge on any atom is 0.246 e. The van der Waals surface area contributed by atoms with Gasteiger partial charge in [0.25, 0.3) is 0 Å². The number of amides is 1. The number of anilines is 3. The second kappa shape index (κ2) is 10.7. The molecule has 3 rings (SSSR count). The number of allylic oxidation sites excluding steroid dienone is 1. The molecule has 31 heavy (non-hydrogen) atoms. The van der Waals surface area contributed by atoms with Crippen molar-refractivity contribution in [2.24, 2.45) is 5.92 Å². The molecule has 2 aromatic rings. The smallest absolute Gasteiger partial charge is 0.246 e. The first kappa shape index (κ1) is 22.4. The second-order valence-corrected chi connectivity index (χ2v) is 7.73. The van der Waals surface area contributed by atoms with Gasteiger partial charge in [-0.25, -0.2) is 10.5 Å². The van der Waals surface area contributed by atoms with Crippen LogP contribution in [0.15, 0.2) is 43.1 Å². The average molecular weight is 424 g/mol. The molecule has 8 heteroatoms. The van der Waals surface area contributed by atoms with E-state index in [9.17, 15) is 9.59 Å². The van der Waals surface area contributed by atoms with Crippen LogP contribution < -0.4 is 16.1 Å². The molecule has 0 aliphatic heterocycles. The zero-order chi connectivity index (χ0) is 22.2. The van der Waals surface area contributed by atoms with Gasteiger partial charge in [0.2, 0.25) is 11.9 Å². The van der Waals surface area contributed by atoms with E-state index in [0.29, 0.717) is 18.2 Å². The number of ketones is 1. The predicted octanol–water partition coefficient (Wildman–Crippen LogP) is 3.47. The molecule has 0 saturated heterocycles. The van der Waals surface area contributed by atoms with Gasteiger partial charge in [-0.15, -0.1) is 0 Å². The molecule has 0 bridgehead atoms. The fourth-order valence-electron chi connectivity index (χ4n) is 3.75. The van der Waals surface area contributed by atoms with Crippen LogP contribution in [0.4, 0.5) is 17.5 Å². The Morgan fingerprint density at radius 1 is 1.29 bits per heavy atom. The van der Waals surface area contributed by atoms with E-state index in [1.165, 1.54) is 13.2 Å². The Kier molecular flexibility index (Phi) is 7.72. The SMILES string of the molecule is C=CC(=O)Cc1ccccc1Nc1nc(NC2CCCC(C(=O)NOC)C2)ncc1C. The number of hydrogen-bond acceptors (Lipinski definition) is 7. The minimum Gasteiger partial charge on any atom is -0.351 e. The molecule has 1 aromatic carbocycles. The van der Waals surface area contributed by atoms with E-state index < -0.39 is 0 Å². The average Bonchev–Trinajstić information content (AvgIpc) is 2.77. The summed E-state index contributed by atoms with van der Waals surface area (Å²) in [6.07, 6.45) is 6.79. The number of carbonyl (C=O) groups excluding carboxylic acids is 2. The van der Waals surface area contributed by atoms with Crippen LogP contribution in [0.5, 0.6) is 0 Å². The Hall–Kier alpha value is -3.26. The lowest BCUT2D eigenvalue weighted by atomic mass is 9.85. The topological polar surface area (TPSA) is 105 Å². The molecule has 1 saturated carbocycles. The van der Waals surface area contributed by atoms with Gasteiger partial charge < -0.3 is 10.6 Å². The van der Waals surface area contributed by atoms with Crippen molar-refractivity contribution in [3.8, 4) is 0 Å². The van der Waals surface area contributed by atoms with Crippen LogP contribution >= 0.6 is 0 Å². The predicted molar refractivity (Wildman–Crippen MR) is 120 cm³/mol. The maximum absolute atomic E-state index is 12.1. The Bertz CT molecular complexity index is 947. The van der Waals surface area contributed by atoms with Crippen molar-refractivity contribution in [2.45, 2.75) is 45.1 Å². The highest BCUT2D eigenvalue weighted by atomic mass is 16.6. The molecule has 3 N–H and O–H groups in total. The van der Waals surface area contributed by atoms with Crippen LogP contribution in [0, 0.1) is 12.8 Å². The van der Waals surface area contributed by atoms with E-state index >= 15 is 0 Å². The fraction of sp³-hybridized carbons (Fsp3) is 0.391. The lowest BCUT2D eigenvalue weighted by Crippen LogP contribution is -2.37. The van der Waals surface area contributed by atoms with Crippen molar-refractivity contribution < 1.29 is 14.4 Å². The largest absolute Gasteiger partial charge is 0.351 e. The summed E-state index contributed by atoms with van der Waals surface area (Å²) in [5, 5.41) is 6.70. The minimum absolute atomic E-state index is 0.0413. The Morgan fingerprint density at radius 2 is 2.10 bits per heavy atom. The summed E-state index contributed by atoms with van der Waals surface area (Å²) in [5.74, 6) is 0.946. The van der Waals surface area contributed by atoms with Crippen molar-refractivity contribution >= 4 is 29.1 Å². The summed E-state index contributed by atoms with van der Waals surface area (Å²) in [5.41, 5.74) is 5.01. The normalized spacial score (nSPS) is 18.1. The lowest BCUT2D eigenvalue weighted by molar-refractivity contribution is -0.136. The van der Waals surface area contributed by atoms with Crippen LogP contribution in [0.3, 0.4) is 0 Å². The molecule has 0 spiro atoms. The van der Waals surface area contributed by atoms with Crippen LogP contribution in [0.25, 0.3) is 0 Å². The van der Waals surface area contributed by atoms with E-state index in [4.69, 9.17) is 4.84 Å². The number of nitrogens with zero attached hydrogens (tertiary/aromatic N) is 2. The third-order valence-corrected chi connectivity index (χ3v) is 5.42. The van der Waals surface area contributed by atoms with E-state index in [1.54, 1.807) is 6.20 Å². The molecule has 2 unspecified atom stereocenters. The Labute approximate surface area is 182 Å². The molecule has 1 aliphatic carbocycles. The number of aromatic nitrogens is 2. The molecule has 1 aromatic heterocycles. The number of carbonyl (C=O) groups is 2. The number of aryl methyl sites for hydroxylation is 1. The first-order chi connectivity index (χ1) is 15.0. The zero-order valence-electron chi connectivity index (χ0n) is 18.0. The number of hydroxylamine groups is 1. The molecule has 1 amide bonds. The molecular weight excluding hydrogens is 394 g/mol. The highest BCUT2D eigenvalue weighted by molar-refractivity contribution is 5.92. The van der Waals surface area contributed by atoms with E-state index in [2.05, 4.69) is 32.7 Å². The first-order valence-corrected chi connectivity index (χ1v) is 10.4. The molecule has 164 valence electrons. The van der Waals surface area contributed by atoms with E-state index in [1.807, 2.05) is 31.2 Å². The van der Waals surface area contributed by atoms with Gasteiger partial charge in [-0.2, -0.15) is 4.98 Å². The van der Waals surface area contributed by atoms with Gasteiger partial charge in [0.15, 0.2) is 5.78 Å². The summed E-state index contributed by atoms with van der Waals surface area (Å²) >= 11 is 0. The monoisotopic (exact) mass is 423 g/mol. The number of rotatable bonds is 9. The van der Waals surface area contributed by atoms with Crippen LogP contribution in [0.1, 0.15) is 36.8 Å². The molecule has 1 aliphatic rings. The van der Waals surface area contributed by atoms with Gasteiger partial charge in [0.1, 0.15) is 5.82 Å². The van der Waals surface area contributed by atoms with E-state index in [0.717, 1.165) is 36.1 Å². The number of benzene rings is 1. The summed E-state index contributed by atoms with van der Waals surface area (Å²) in [6, 6.07) is 7.74. The first-order valence-electron chi connectivity index (χ1n) is 10.4. The standard InChI is InChI=1S/C23H29N5O3/c1-4-19(29)13-16-8-5-6-11-20(16)26-21-15(2)14-24-23(27-21)25-18-10-7-9-17(12-18)22(30)28-31-3/h4-6,8,11,14,17-18H,1,7,9-10,12-13H2,2-3H3,(H,28,30)(H2,24,25,26,27). The maximum atomic E-state index is 12.1. The molecule has 1 fully saturated rings. The second-order valence-electron chi connectivity index (χ2n) is 7.73. The molecular formula is C23H29N5O3. The number of hydrogen-bond donors (Lipinski definition) is 3. The summed E-state index contributed by atoms with van der Waals surface area (Å²) < 4.78 is 0. The lowest BCUT2D eigenvalue weighted by Gasteiger charge is -2.28. The quantitative estimate of drug-likeness (QED) is 0.419. The van der Waals surface area contributed by atoms with Crippen LogP contribution in [-0.2, 0) is 20.8 Å². The molecule has 8 nitrogen and oxygen atoms in total. The van der Waals surface area contributed by atoms with Gasteiger partial charge in [0.05, 0.1) is 7.11 Å². The Morgan fingerprint density at radius 3 is 2.87 bits per heavy atom. The minimum atomic E-state index is -0.0940. The van der Waals surface area contributed by atoms with Crippen molar-refractivity contribution in [1.29, 1.82) is 0 Å². The highest BCUT2D eigenvalue weighted by Crippen LogP contribution is 2.28. The van der Waals surface area contributed by atoms with Crippen molar-refractivity contribution in [3.05, 3.63) is 54.2 Å². The number of nitrogens with one attached hydrogen (secondary N) is 3. The van der Waals surface area contributed by atoms with Crippen molar-refractivity contribution in [2.75, 3.05) is 17.7 Å². The molecule has 2 atom stereocenters. The third-order valence-electron chi connectivity index (χ3n) is 5.42. The van der Waals surface area contributed by atoms with Crippen molar-refractivity contribution in [3.63, 3.8) is 0 Å². The fourth-order valence-corrected chi connectivity index (χ4v) is 3.75. The third kappa shape index (κ3) is 6.11. The summed E-state index contributed by atoms with van der Waals surface area (Å²) in [4.78, 5) is 37.7. The number of para-hydroxylation sites is 1. The van der Waals surface area contributed by atoms with Gasteiger partial charge in [0, 0.05) is 35.8 Å². The van der Waals surface area contributed by atoms with Crippen molar-refractivity contribution in [1.82, 2.24) is 15.4 Å².